The number of para-hydroxylation sites is 1. The van der Waals surface area contributed by atoms with Gasteiger partial charge in [-0.2, -0.15) is 13.5 Å². The van der Waals surface area contributed by atoms with Crippen molar-refractivity contribution >= 4 is 50.4 Å². The van der Waals surface area contributed by atoms with Crippen molar-refractivity contribution in [2.75, 3.05) is 12.3 Å². The highest BCUT2D eigenvalue weighted by molar-refractivity contribution is 8.26. The number of carbonyl (C=O) groups is 1. The van der Waals surface area contributed by atoms with E-state index in [-0.39, 0.29) is 17.0 Å². The number of rotatable bonds is 6. The number of hydrogen-bond acceptors (Lipinski definition) is 7. The van der Waals surface area contributed by atoms with E-state index in [1.54, 1.807) is 10.8 Å². The molecule has 3 aromatic rings. The van der Waals surface area contributed by atoms with Crippen LogP contribution in [0.15, 0.2) is 59.6 Å². The van der Waals surface area contributed by atoms with Crippen LogP contribution in [0.3, 0.4) is 0 Å². The van der Waals surface area contributed by atoms with Crippen LogP contribution in [-0.4, -0.2) is 56.3 Å². The molecule has 0 unspecified atom stereocenters. The van der Waals surface area contributed by atoms with Gasteiger partial charge >= 0.3 is 0 Å². The van der Waals surface area contributed by atoms with Crippen LogP contribution < -0.4 is 4.74 Å². The topological polar surface area (TPSA) is 102 Å². The van der Waals surface area contributed by atoms with E-state index in [9.17, 15) is 13.2 Å². The largest absolute Gasteiger partial charge is 0.490 e. The molecule has 5 rings (SSSR count). The highest BCUT2D eigenvalue weighted by atomic mass is 32.2. The maximum absolute atomic E-state index is 13.0. The zero-order valence-electron chi connectivity index (χ0n) is 18.6. The van der Waals surface area contributed by atoms with E-state index in [2.05, 4.69) is 6.07 Å². The smallest absolute Gasteiger partial charge is 0.266 e. The molecule has 11 heteroatoms. The van der Waals surface area contributed by atoms with Gasteiger partial charge in [0.2, 0.25) is 0 Å². The van der Waals surface area contributed by atoms with Crippen molar-refractivity contribution in [1.82, 2.24) is 14.7 Å². The molecule has 0 bridgehead atoms. The Balaban J connectivity index is 1.54. The Labute approximate surface area is 212 Å². The third-order valence-electron chi connectivity index (χ3n) is 5.67. The van der Waals surface area contributed by atoms with Gasteiger partial charge in [-0.1, -0.05) is 42.2 Å². The van der Waals surface area contributed by atoms with Crippen LogP contribution in [0.1, 0.15) is 18.1 Å². The fraction of sp³-hybridized carbons (Fsp3) is 0.208. The summed E-state index contributed by atoms with van der Waals surface area (Å²) in [4.78, 5) is 14.5. The molecule has 1 amide bonds. The van der Waals surface area contributed by atoms with Crippen LogP contribution in [0.4, 0.5) is 0 Å². The van der Waals surface area contributed by atoms with Gasteiger partial charge in [-0.15, -0.1) is 0 Å². The number of benzene rings is 2. The van der Waals surface area contributed by atoms with Crippen molar-refractivity contribution in [3.05, 3.63) is 70.8 Å². The zero-order chi connectivity index (χ0) is 24.7. The van der Waals surface area contributed by atoms with Crippen LogP contribution in [0.5, 0.6) is 5.75 Å². The fourth-order valence-corrected chi connectivity index (χ4v) is 5.75. The molecule has 0 spiro atoms. The van der Waals surface area contributed by atoms with Crippen LogP contribution >= 0.6 is 24.0 Å². The zero-order valence-corrected chi connectivity index (χ0v) is 21.1. The van der Waals surface area contributed by atoms with Crippen molar-refractivity contribution in [2.24, 2.45) is 0 Å². The number of carbonyl (C=O) groups excluding carboxylic acids is 1. The summed E-state index contributed by atoms with van der Waals surface area (Å²) in [5.41, 5.74) is 4.28. The number of hydrogen-bond donors (Lipinski definition) is 1. The number of thioether (sulfide) groups is 1. The average molecular weight is 528 g/mol. The first-order chi connectivity index (χ1) is 16.7. The van der Waals surface area contributed by atoms with E-state index in [1.165, 1.54) is 4.90 Å². The van der Waals surface area contributed by atoms with Gasteiger partial charge in [0.25, 0.3) is 16.0 Å². The monoisotopic (exact) mass is 527 g/mol. The molecule has 1 aromatic heterocycles. The predicted molar refractivity (Wildman–Crippen MR) is 139 cm³/mol. The lowest BCUT2D eigenvalue weighted by molar-refractivity contribution is -0.121. The number of aromatic nitrogens is 2. The summed E-state index contributed by atoms with van der Waals surface area (Å²) in [6.07, 6.45) is 4.50. The van der Waals surface area contributed by atoms with Crippen LogP contribution in [0.2, 0.25) is 0 Å². The molecule has 35 heavy (non-hydrogen) atoms. The van der Waals surface area contributed by atoms with Gasteiger partial charge in [-0.3, -0.25) is 14.2 Å². The highest BCUT2D eigenvalue weighted by Crippen LogP contribution is 2.37. The van der Waals surface area contributed by atoms with E-state index in [0.717, 1.165) is 46.3 Å². The molecule has 3 heterocycles. The van der Waals surface area contributed by atoms with Gasteiger partial charge in [0.05, 0.1) is 16.3 Å². The molecular weight excluding hydrogens is 506 g/mol. The van der Waals surface area contributed by atoms with Crippen LogP contribution in [0, 0.1) is 0 Å². The summed E-state index contributed by atoms with van der Waals surface area (Å²) in [6.45, 7) is 1.82. The molecule has 1 fully saturated rings. The van der Waals surface area contributed by atoms with Crippen molar-refractivity contribution < 1.29 is 22.5 Å². The van der Waals surface area contributed by atoms with Gasteiger partial charge in [0.15, 0.2) is 0 Å². The van der Waals surface area contributed by atoms with E-state index in [0.29, 0.717) is 10.6 Å². The van der Waals surface area contributed by atoms with E-state index in [1.807, 2.05) is 55.6 Å². The second kappa shape index (κ2) is 9.23. The van der Waals surface area contributed by atoms with Crippen molar-refractivity contribution in [3.8, 4) is 22.7 Å². The molecule has 2 aromatic carbocycles. The summed E-state index contributed by atoms with van der Waals surface area (Å²) in [5.74, 6) is -0.122. The maximum atomic E-state index is 13.0. The molecule has 1 atom stereocenters. The summed E-state index contributed by atoms with van der Waals surface area (Å²) in [6, 6.07) is 15.6. The molecule has 2 aliphatic rings. The third kappa shape index (κ3) is 5.03. The van der Waals surface area contributed by atoms with Gasteiger partial charge in [0, 0.05) is 30.3 Å². The summed E-state index contributed by atoms with van der Waals surface area (Å²) >= 11 is 6.38. The Morgan fingerprint density at radius 3 is 2.77 bits per heavy atom. The standard InChI is InChI=1S/C24H21N3O5S3/c1-15-11-17-12-16(7-8-20(17)32-15)22-18(14-27(25-22)19-5-3-2-4-6-19)13-21-23(28)26(24(33)34-21)9-10-35(29,30)31/h2-8,12-15H,9-11H2,1H3,(H,29,30,31)/b21-13-/t15-/m1/s1. The Bertz CT molecular complexity index is 1460. The predicted octanol–water partition coefficient (Wildman–Crippen LogP) is 3.95. The Morgan fingerprint density at radius 1 is 1.26 bits per heavy atom. The van der Waals surface area contributed by atoms with E-state index in [4.69, 9.17) is 26.6 Å². The van der Waals surface area contributed by atoms with Gasteiger partial charge < -0.3 is 4.74 Å². The number of thiocarbonyl (C=S) groups is 1. The molecule has 0 aliphatic carbocycles. The first kappa shape index (κ1) is 23.7. The molecule has 1 saturated heterocycles. The molecule has 1 N–H and O–H groups in total. The summed E-state index contributed by atoms with van der Waals surface area (Å²) in [5, 5.41) is 4.82. The Hall–Kier alpha value is -2.99. The minimum absolute atomic E-state index is 0.117. The summed E-state index contributed by atoms with van der Waals surface area (Å²) < 4.78 is 39.2. The first-order valence-corrected chi connectivity index (χ1v) is 13.7. The van der Waals surface area contributed by atoms with Gasteiger partial charge in [-0.25, -0.2) is 4.68 Å². The molecule has 0 saturated carbocycles. The minimum Gasteiger partial charge on any atom is -0.490 e. The quantitative estimate of drug-likeness (QED) is 0.292. The SMILES string of the molecule is C[C@@H]1Cc2cc(-c3nn(-c4ccccc4)cc3/C=C3\SC(=S)N(CCS(=O)(=O)O)C3=O)ccc2O1. The van der Waals surface area contributed by atoms with E-state index < -0.39 is 21.8 Å². The molecule has 2 aliphatic heterocycles. The Kier molecular flexibility index (Phi) is 6.26. The number of ether oxygens (including phenoxy) is 1. The van der Waals surface area contributed by atoms with Crippen molar-refractivity contribution in [1.29, 1.82) is 0 Å². The van der Waals surface area contributed by atoms with E-state index >= 15 is 0 Å². The average Bonchev–Trinajstić information content (AvgIpc) is 3.47. The van der Waals surface area contributed by atoms with Crippen LogP contribution in [-0.2, 0) is 21.3 Å². The molecule has 0 radical (unpaired) electrons. The molecular formula is C24H21N3O5S3. The highest BCUT2D eigenvalue weighted by Gasteiger charge is 2.33. The van der Waals surface area contributed by atoms with Gasteiger partial charge in [0.1, 0.15) is 21.9 Å². The number of nitrogens with zero attached hydrogens (tertiary/aromatic N) is 3. The number of fused-ring (bicyclic) bond motifs is 1. The normalized spacial score (nSPS) is 18.9. The van der Waals surface area contributed by atoms with Crippen molar-refractivity contribution in [2.45, 2.75) is 19.4 Å². The van der Waals surface area contributed by atoms with Gasteiger partial charge in [-0.05, 0) is 48.9 Å². The lowest BCUT2D eigenvalue weighted by atomic mass is 10.0. The first-order valence-electron chi connectivity index (χ1n) is 10.8. The molecule has 180 valence electrons. The fourth-order valence-electron chi connectivity index (χ4n) is 4.04. The third-order valence-corrected chi connectivity index (χ3v) is 7.74. The number of amides is 1. The van der Waals surface area contributed by atoms with Crippen molar-refractivity contribution in [3.63, 3.8) is 0 Å². The maximum Gasteiger partial charge on any atom is 0.266 e. The summed E-state index contributed by atoms with van der Waals surface area (Å²) in [7, 11) is -4.22. The Morgan fingerprint density at radius 2 is 2.03 bits per heavy atom. The minimum atomic E-state index is -4.22. The molecule has 8 nitrogen and oxygen atoms in total. The lowest BCUT2D eigenvalue weighted by Gasteiger charge is -2.12. The van der Waals surface area contributed by atoms with Crippen LogP contribution in [0.25, 0.3) is 23.0 Å². The second-order valence-electron chi connectivity index (χ2n) is 8.29. The second-order valence-corrected chi connectivity index (χ2v) is 11.5. The lowest BCUT2D eigenvalue weighted by Crippen LogP contribution is -2.32.